The quantitative estimate of drug-likeness (QED) is 0.610. The molecule has 0 radical (unpaired) electrons. The minimum atomic E-state index is -0.184. The molecule has 28 heavy (non-hydrogen) atoms. The van der Waals surface area contributed by atoms with E-state index < -0.39 is 0 Å². The van der Waals surface area contributed by atoms with Gasteiger partial charge in [0.25, 0.3) is 0 Å². The van der Waals surface area contributed by atoms with Crippen molar-refractivity contribution in [3.63, 3.8) is 0 Å². The van der Waals surface area contributed by atoms with Crippen LogP contribution in [0.5, 0.6) is 11.5 Å². The molecule has 0 aliphatic heterocycles. The number of hydrogen-bond donors (Lipinski definition) is 1. The molecule has 3 aromatic rings. The molecule has 0 saturated heterocycles. The zero-order chi connectivity index (χ0) is 19.8. The van der Waals surface area contributed by atoms with Crippen molar-refractivity contribution in [1.29, 1.82) is 0 Å². The Balaban J connectivity index is 1.55. The van der Waals surface area contributed by atoms with E-state index >= 15 is 0 Å². The van der Waals surface area contributed by atoms with Gasteiger partial charge in [-0.15, -0.1) is 0 Å². The molecule has 0 aliphatic carbocycles. The summed E-state index contributed by atoms with van der Waals surface area (Å²) >= 11 is 0. The van der Waals surface area contributed by atoms with Crippen LogP contribution >= 0.6 is 0 Å². The van der Waals surface area contributed by atoms with Crippen molar-refractivity contribution >= 4 is 12.0 Å². The highest BCUT2D eigenvalue weighted by Crippen LogP contribution is 2.24. The topological polar surface area (TPSA) is 78.3 Å². The summed E-state index contributed by atoms with van der Waals surface area (Å²) in [6.07, 6.45) is 6.38. The number of rotatable bonds is 8. The maximum atomic E-state index is 12.1. The van der Waals surface area contributed by atoms with Gasteiger partial charge >= 0.3 is 0 Å². The van der Waals surface area contributed by atoms with Crippen LogP contribution in [0, 0.1) is 0 Å². The van der Waals surface area contributed by atoms with Gasteiger partial charge in [-0.3, -0.25) is 4.79 Å². The van der Waals surface area contributed by atoms with Crippen molar-refractivity contribution < 1.29 is 14.3 Å². The number of hydrogen-bond acceptors (Lipinski definition) is 5. The summed E-state index contributed by atoms with van der Waals surface area (Å²) in [4.78, 5) is 16.1. The molecule has 0 aliphatic rings. The van der Waals surface area contributed by atoms with E-state index in [0.29, 0.717) is 24.6 Å². The minimum Gasteiger partial charge on any atom is -0.497 e. The SMILES string of the molecule is COc1ccc(OC)c(/C=C/C(=O)NCc2ccc(Cn3cncn3)cc2)c1. The highest BCUT2D eigenvalue weighted by molar-refractivity contribution is 5.92. The highest BCUT2D eigenvalue weighted by atomic mass is 16.5. The van der Waals surface area contributed by atoms with Crippen LogP contribution in [-0.2, 0) is 17.9 Å². The average Bonchev–Trinajstić information content (AvgIpc) is 3.24. The van der Waals surface area contributed by atoms with Gasteiger partial charge < -0.3 is 14.8 Å². The van der Waals surface area contributed by atoms with Gasteiger partial charge in [-0.25, -0.2) is 9.67 Å². The number of ether oxygens (including phenoxy) is 2. The fourth-order valence-electron chi connectivity index (χ4n) is 2.65. The van der Waals surface area contributed by atoms with Crippen LogP contribution in [0.1, 0.15) is 16.7 Å². The second-order valence-electron chi connectivity index (χ2n) is 6.07. The van der Waals surface area contributed by atoms with Gasteiger partial charge in [-0.1, -0.05) is 24.3 Å². The molecule has 0 bridgehead atoms. The molecule has 7 heteroatoms. The van der Waals surface area contributed by atoms with E-state index in [1.165, 1.54) is 12.4 Å². The predicted octanol–water partition coefficient (Wildman–Crippen LogP) is 2.67. The Kier molecular flexibility index (Phi) is 6.41. The Bertz CT molecular complexity index is 935. The molecule has 1 aromatic heterocycles. The molecule has 7 nitrogen and oxygen atoms in total. The zero-order valence-electron chi connectivity index (χ0n) is 15.8. The van der Waals surface area contributed by atoms with Crippen molar-refractivity contribution in [2.24, 2.45) is 0 Å². The first kappa shape index (κ1) is 19.2. The number of nitrogens with zero attached hydrogens (tertiary/aromatic N) is 3. The standard InChI is InChI=1S/C21H22N4O3/c1-27-19-8-9-20(28-2)18(11-19)7-10-21(26)23-12-16-3-5-17(6-4-16)13-25-15-22-14-24-25/h3-11,14-15H,12-13H2,1-2H3,(H,23,26)/b10-7+. The van der Waals surface area contributed by atoms with E-state index in [1.54, 1.807) is 37.4 Å². The molecule has 0 unspecified atom stereocenters. The number of nitrogens with one attached hydrogen (secondary N) is 1. The van der Waals surface area contributed by atoms with Crippen LogP contribution in [-0.4, -0.2) is 34.9 Å². The molecule has 0 spiro atoms. The number of carbonyl (C=O) groups is 1. The lowest BCUT2D eigenvalue weighted by molar-refractivity contribution is -0.116. The third-order valence-corrected chi connectivity index (χ3v) is 4.15. The number of benzene rings is 2. The molecule has 0 saturated carbocycles. The summed E-state index contributed by atoms with van der Waals surface area (Å²) in [6.45, 7) is 1.11. The van der Waals surface area contributed by atoms with Crippen molar-refractivity contribution in [1.82, 2.24) is 20.1 Å². The second-order valence-corrected chi connectivity index (χ2v) is 6.07. The number of amides is 1. The summed E-state index contributed by atoms with van der Waals surface area (Å²) < 4.78 is 12.3. The van der Waals surface area contributed by atoms with Gasteiger partial charge in [-0.05, 0) is 35.4 Å². The van der Waals surface area contributed by atoms with Crippen LogP contribution in [0.2, 0.25) is 0 Å². The normalized spacial score (nSPS) is 10.8. The fraction of sp³-hybridized carbons (Fsp3) is 0.190. The molecular formula is C21H22N4O3. The molecule has 0 fully saturated rings. The molecule has 1 heterocycles. The highest BCUT2D eigenvalue weighted by Gasteiger charge is 2.03. The lowest BCUT2D eigenvalue weighted by atomic mass is 10.1. The monoisotopic (exact) mass is 378 g/mol. The van der Waals surface area contributed by atoms with Crippen LogP contribution in [0.25, 0.3) is 6.08 Å². The molecule has 2 aromatic carbocycles. The molecule has 144 valence electrons. The van der Waals surface area contributed by atoms with Gasteiger partial charge in [0.05, 0.1) is 20.8 Å². The third kappa shape index (κ3) is 5.20. The van der Waals surface area contributed by atoms with E-state index in [9.17, 15) is 4.79 Å². The van der Waals surface area contributed by atoms with Crippen LogP contribution in [0.4, 0.5) is 0 Å². The van der Waals surface area contributed by atoms with E-state index in [-0.39, 0.29) is 5.91 Å². The van der Waals surface area contributed by atoms with Crippen molar-refractivity contribution in [3.05, 3.63) is 77.9 Å². The Morgan fingerprint density at radius 1 is 1.11 bits per heavy atom. The van der Waals surface area contributed by atoms with Crippen molar-refractivity contribution in [2.45, 2.75) is 13.1 Å². The lowest BCUT2D eigenvalue weighted by Crippen LogP contribution is -2.20. The first-order valence-electron chi connectivity index (χ1n) is 8.76. The van der Waals surface area contributed by atoms with Crippen LogP contribution in [0.15, 0.2) is 61.2 Å². The fourth-order valence-corrected chi connectivity index (χ4v) is 2.65. The maximum absolute atomic E-state index is 12.1. The van der Waals surface area contributed by atoms with Gasteiger partial charge in [-0.2, -0.15) is 5.10 Å². The lowest BCUT2D eigenvalue weighted by Gasteiger charge is -2.07. The van der Waals surface area contributed by atoms with Gasteiger partial charge in [0.1, 0.15) is 24.2 Å². The molecule has 1 N–H and O–H groups in total. The minimum absolute atomic E-state index is 0.184. The number of methoxy groups -OCH3 is 2. The summed E-state index contributed by atoms with van der Waals surface area (Å²) in [7, 11) is 3.19. The van der Waals surface area contributed by atoms with Gasteiger partial charge in [0.15, 0.2) is 0 Å². The van der Waals surface area contributed by atoms with Crippen molar-refractivity contribution in [2.75, 3.05) is 14.2 Å². The average molecular weight is 378 g/mol. The largest absolute Gasteiger partial charge is 0.497 e. The number of aromatic nitrogens is 3. The Morgan fingerprint density at radius 2 is 1.89 bits per heavy atom. The zero-order valence-corrected chi connectivity index (χ0v) is 15.8. The summed E-state index contributed by atoms with van der Waals surface area (Å²) in [6, 6.07) is 13.4. The summed E-state index contributed by atoms with van der Waals surface area (Å²) in [5, 5.41) is 6.96. The van der Waals surface area contributed by atoms with E-state index in [2.05, 4.69) is 15.4 Å². The first-order valence-corrected chi connectivity index (χ1v) is 8.76. The molecule has 0 atom stereocenters. The Morgan fingerprint density at radius 3 is 2.57 bits per heavy atom. The van der Waals surface area contributed by atoms with Gasteiger partial charge in [0, 0.05) is 18.2 Å². The predicted molar refractivity (Wildman–Crippen MR) is 106 cm³/mol. The number of carbonyl (C=O) groups excluding carboxylic acids is 1. The molecule has 1 amide bonds. The summed E-state index contributed by atoms with van der Waals surface area (Å²) in [5.74, 6) is 1.19. The van der Waals surface area contributed by atoms with E-state index in [1.807, 2.05) is 36.4 Å². The Hall–Kier alpha value is -3.61. The maximum Gasteiger partial charge on any atom is 0.244 e. The van der Waals surface area contributed by atoms with Gasteiger partial charge in [0.2, 0.25) is 5.91 Å². The second kappa shape index (κ2) is 9.36. The van der Waals surface area contributed by atoms with Crippen molar-refractivity contribution in [3.8, 4) is 11.5 Å². The molecule has 3 rings (SSSR count). The van der Waals surface area contributed by atoms with E-state index in [0.717, 1.165) is 16.7 Å². The van der Waals surface area contributed by atoms with Crippen LogP contribution in [0.3, 0.4) is 0 Å². The first-order chi connectivity index (χ1) is 13.7. The summed E-state index contributed by atoms with van der Waals surface area (Å²) in [5.41, 5.74) is 2.91. The molecular weight excluding hydrogens is 356 g/mol. The smallest absolute Gasteiger partial charge is 0.244 e. The third-order valence-electron chi connectivity index (χ3n) is 4.15. The van der Waals surface area contributed by atoms with Crippen LogP contribution < -0.4 is 14.8 Å². The Labute approximate surface area is 163 Å². The van der Waals surface area contributed by atoms with E-state index in [4.69, 9.17) is 9.47 Å².